The van der Waals surface area contributed by atoms with E-state index in [1.165, 1.54) is 23.2 Å². The van der Waals surface area contributed by atoms with Crippen molar-refractivity contribution in [2.24, 2.45) is 0 Å². The van der Waals surface area contributed by atoms with Gasteiger partial charge in [0.15, 0.2) is 17.1 Å². The summed E-state index contributed by atoms with van der Waals surface area (Å²) in [7, 11) is 0. The van der Waals surface area contributed by atoms with Crippen molar-refractivity contribution in [1.82, 2.24) is 14.4 Å². The Labute approximate surface area is 207 Å². The van der Waals surface area contributed by atoms with Crippen LogP contribution in [-0.2, 0) is 0 Å². The summed E-state index contributed by atoms with van der Waals surface area (Å²) in [6, 6.07) is 5.62. The fourth-order valence-electron chi connectivity index (χ4n) is 3.94. The lowest BCUT2D eigenvalue weighted by Crippen LogP contribution is -2.41. The third-order valence-electron chi connectivity index (χ3n) is 5.71. The van der Waals surface area contributed by atoms with Crippen LogP contribution in [0.3, 0.4) is 0 Å². The number of rotatable bonds is 5. The molecule has 1 aliphatic heterocycles. The monoisotopic (exact) mass is 522 g/mol. The van der Waals surface area contributed by atoms with Crippen LogP contribution in [0.2, 0.25) is 10.2 Å². The molecule has 0 amide bonds. The van der Waals surface area contributed by atoms with E-state index in [2.05, 4.69) is 15.3 Å². The summed E-state index contributed by atoms with van der Waals surface area (Å²) in [5.74, 6) is -4.10. The Kier molecular flexibility index (Phi) is 6.53. The first-order valence-electron chi connectivity index (χ1n) is 10.5. The van der Waals surface area contributed by atoms with E-state index >= 15 is 0 Å². The maximum Gasteiger partial charge on any atom is 0.356 e. The van der Waals surface area contributed by atoms with Crippen molar-refractivity contribution in [3.63, 3.8) is 0 Å². The van der Waals surface area contributed by atoms with Crippen molar-refractivity contribution in [1.29, 1.82) is 5.26 Å². The summed E-state index contributed by atoms with van der Waals surface area (Å²) in [6.07, 6.45) is 0.460. The number of aromatic carboxylic acids is 1. The molecule has 0 saturated carbocycles. The fraction of sp³-hybridized carbons (Fsp3) is 0.318. The Morgan fingerprint density at radius 2 is 1.97 bits per heavy atom. The number of pyridine rings is 2. The lowest BCUT2D eigenvalue weighted by molar-refractivity contribution is -0.0221. The average molecular weight is 523 g/mol. The number of alkyl halides is 2. The molecule has 35 heavy (non-hydrogen) atoms. The topological polar surface area (TPSA) is 124 Å². The minimum Gasteiger partial charge on any atom is -0.476 e. The van der Waals surface area contributed by atoms with Gasteiger partial charge in [0, 0.05) is 37.7 Å². The van der Waals surface area contributed by atoms with Gasteiger partial charge < -0.3 is 15.3 Å². The molecule has 2 N–H and O–H groups in total. The highest BCUT2D eigenvalue weighted by atomic mass is 35.5. The van der Waals surface area contributed by atoms with E-state index in [0.717, 1.165) is 4.40 Å². The van der Waals surface area contributed by atoms with Crippen LogP contribution in [0, 0.1) is 11.3 Å². The molecule has 0 bridgehead atoms. The number of hydrogen-bond acceptors (Lipinski definition) is 7. The number of nitrogens with zero attached hydrogens (tertiary/aromatic N) is 5. The molecule has 0 radical (unpaired) electrons. The number of aromatic nitrogens is 3. The Morgan fingerprint density at radius 3 is 2.60 bits per heavy atom. The molecule has 3 aromatic rings. The average Bonchev–Trinajstić information content (AvgIpc) is 2.80. The minimum absolute atomic E-state index is 0.00260. The van der Waals surface area contributed by atoms with Gasteiger partial charge in [-0.15, -0.1) is 0 Å². The Balaban J connectivity index is 1.83. The lowest BCUT2D eigenvalue weighted by atomic mass is 10.1. The number of halogens is 4. The Morgan fingerprint density at radius 1 is 1.29 bits per heavy atom. The highest BCUT2D eigenvalue weighted by molar-refractivity contribution is 6.30. The van der Waals surface area contributed by atoms with Crippen LogP contribution in [0.1, 0.15) is 47.4 Å². The maximum atomic E-state index is 13.7. The molecule has 9 nitrogen and oxygen atoms in total. The predicted molar refractivity (Wildman–Crippen MR) is 126 cm³/mol. The van der Waals surface area contributed by atoms with E-state index in [-0.39, 0.29) is 51.7 Å². The summed E-state index contributed by atoms with van der Waals surface area (Å²) in [4.78, 5) is 34.6. The van der Waals surface area contributed by atoms with Crippen molar-refractivity contribution in [3.8, 4) is 6.07 Å². The first kappa shape index (κ1) is 24.6. The van der Waals surface area contributed by atoms with Crippen LogP contribution in [0.25, 0.3) is 5.65 Å². The smallest absolute Gasteiger partial charge is 0.356 e. The molecule has 0 aliphatic carbocycles. The summed E-state index contributed by atoms with van der Waals surface area (Å²) < 4.78 is 28.5. The maximum absolute atomic E-state index is 13.7. The SMILES string of the molecule is C[C@@H](Nc1ccc(Cl)nc1C(=O)O)c1cc(Cl)cn2c(=O)c(C#N)c(N3CCC(F)(F)CC3)nc12. The summed E-state index contributed by atoms with van der Waals surface area (Å²) in [6.45, 7) is 1.55. The number of carboxylic acids is 1. The van der Waals surface area contributed by atoms with Gasteiger partial charge in [0.1, 0.15) is 16.9 Å². The third-order valence-corrected chi connectivity index (χ3v) is 6.13. The van der Waals surface area contributed by atoms with Gasteiger partial charge in [0.05, 0.1) is 16.8 Å². The van der Waals surface area contributed by atoms with Crippen molar-refractivity contribution in [2.75, 3.05) is 23.3 Å². The van der Waals surface area contributed by atoms with E-state index in [9.17, 15) is 28.7 Å². The van der Waals surface area contributed by atoms with Crippen LogP contribution >= 0.6 is 23.2 Å². The van der Waals surface area contributed by atoms with Crippen molar-refractivity contribution in [3.05, 3.63) is 61.7 Å². The normalized spacial score (nSPS) is 16.1. The standard InChI is InChI=1S/C22H18Cl2F2N6O3/c1-11(28-15-2-3-16(24)29-17(15)21(34)35)13-8-12(23)10-32-19(13)30-18(14(9-27)20(32)33)31-6-4-22(25,26)5-7-31/h2-3,8,10-11,28H,4-7H2,1H3,(H,34,35)/t11-/m1/s1. The molecule has 1 fully saturated rings. The first-order valence-corrected chi connectivity index (χ1v) is 11.2. The first-order chi connectivity index (χ1) is 16.5. The summed E-state index contributed by atoms with van der Waals surface area (Å²) in [5.41, 5.74) is -0.556. The molecule has 1 aliphatic rings. The molecule has 0 spiro atoms. The molecule has 3 aromatic heterocycles. The second-order valence-electron chi connectivity index (χ2n) is 8.08. The van der Waals surface area contributed by atoms with Gasteiger partial charge in [0.25, 0.3) is 11.5 Å². The van der Waals surface area contributed by atoms with Crippen LogP contribution in [0.5, 0.6) is 0 Å². The molecule has 0 unspecified atom stereocenters. The zero-order chi connectivity index (χ0) is 25.5. The second kappa shape index (κ2) is 9.28. The number of carboxylic acid groups (broad SMARTS) is 1. The largest absolute Gasteiger partial charge is 0.476 e. The zero-order valence-electron chi connectivity index (χ0n) is 18.2. The van der Waals surface area contributed by atoms with Gasteiger partial charge in [-0.05, 0) is 25.1 Å². The third kappa shape index (κ3) is 4.85. The van der Waals surface area contributed by atoms with Crippen LogP contribution < -0.4 is 15.8 Å². The van der Waals surface area contributed by atoms with Crippen LogP contribution in [0.15, 0.2) is 29.2 Å². The van der Waals surface area contributed by atoms with Gasteiger partial charge >= 0.3 is 5.97 Å². The van der Waals surface area contributed by atoms with Crippen molar-refractivity contribution < 1.29 is 18.7 Å². The second-order valence-corrected chi connectivity index (χ2v) is 8.90. The fourth-order valence-corrected chi connectivity index (χ4v) is 4.30. The van der Waals surface area contributed by atoms with Gasteiger partial charge in [-0.2, -0.15) is 5.26 Å². The number of nitrogens with one attached hydrogen (secondary N) is 1. The highest BCUT2D eigenvalue weighted by Crippen LogP contribution is 2.32. The number of hydrogen-bond donors (Lipinski definition) is 2. The highest BCUT2D eigenvalue weighted by Gasteiger charge is 2.35. The summed E-state index contributed by atoms with van der Waals surface area (Å²) in [5, 5.41) is 22.3. The van der Waals surface area contributed by atoms with E-state index in [1.807, 2.05) is 6.07 Å². The predicted octanol–water partition coefficient (Wildman–Crippen LogP) is 4.37. The molecular formula is C22H18Cl2F2N6O3. The number of anilines is 2. The van der Waals surface area contributed by atoms with Crippen LogP contribution in [-0.4, -0.2) is 44.5 Å². The molecule has 4 rings (SSSR count). The summed E-state index contributed by atoms with van der Waals surface area (Å²) >= 11 is 12.1. The Bertz CT molecular complexity index is 1430. The lowest BCUT2D eigenvalue weighted by Gasteiger charge is -2.33. The molecule has 1 saturated heterocycles. The van der Waals surface area contributed by atoms with Gasteiger partial charge in [-0.25, -0.2) is 23.5 Å². The van der Waals surface area contributed by atoms with Gasteiger partial charge in [-0.3, -0.25) is 9.20 Å². The number of carbonyl (C=O) groups is 1. The van der Waals surface area contributed by atoms with E-state index < -0.39 is 36.3 Å². The van der Waals surface area contributed by atoms with Gasteiger partial charge in [0.2, 0.25) is 0 Å². The van der Waals surface area contributed by atoms with E-state index in [4.69, 9.17) is 23.2 Å². The van der Waals surface area contributed by atoms with Crippen molar-refractivity contribution in [2.45, 2.75) is 31.7 Å². The molecule has 182 valence electrons. The molecule has 0 aromatic carbocycles. The minimum atomic E-state index is -2.82. The number of nitriles is 1. The number of fused-ring (bicyclic) bond motifs is 1. The quantitative estimate of drug-likeness (QED) is 0.473. The van der Waals surface area contributed by atoms with Gasteiger partial charge in [-0.1, -0.05) is 23.2 Å². The molecule has 1 atom stereocenters. The molecule has 13 heteroatoms. The Hall–Kier alpha value is -3.49. The zero-order valence-corrected chi connectivity index (χ0v) is 19.7. The van der Waals surface area contributed by atoms with Crippen LogP contribution in [0.4, 0.5) is 20.3 Å². The van der Waals surface area contributed by atoms with Crippen molar-refractivity contribution >= 4 is 46.3 Å². The molecular weight excluding hydrogens is 505 g/mol. The molecule has 4 heterocycles. The number of piperidine rings is 1. The van der Waals surface area contributed by atoms with E-state index in [1.54, 1.807) is 13.0 Å². The van der Waals surface area contributed by atoms with E-state index in [0.29, 0.717) is 5.56 Å².